The number of nitrogens with zero attached hydrogens (tertiary/aromatic N) is 4. The Hall–Kier alpha value is -3.36. The quantitative estimate of drug-likeness (QED) is 0.474. The molecule has 0 saturated carbocycles. The topological polar surface area (TPSA) is 43.1 Å². The second-order valence-electron chi connectivity index (χ2n) is 5.64. The van der Waals surface area contributed by atoms with Crippen LogP contribution in [0, 0.1) is 11.6 Å². The SMILES string of the molecule is Fc1ccc(-c2cnc3nc(C(F)(F)F)ccn23)c(F)c1-c1ccncc1. The lowest BCUT2D eigenvalue weighted by atomic mass is 10.0. The highest BCUT2D eigenvalue weighted by Gasteiger charge is 2.33. The molecule has 0 N–H and O–H groups in total. The third-order valence-corrected chi connectivity index (χ3v) is 4.01. The van der Waals surface area contributed by atoms with Gasteiger partial charge < -0.3 is 0 Å². The van der Waals surface area contributed by atoms with Gasteiger partial charge in [-0.3, -0.25) is 9.38 Å². The van der Waals surface area contributed by atoms with E-state index < -0.39 is 23.5 Å². The van der Waals surface area contributed by atoms with Gasteiger partial charge in [0.1, 0.15) is 17.3 Å². The van der Waals surface area contributed by atoms with Crippen LogP contribution >= 0.6 is 0 Å². The molecule has 4 aromatic rings. The maximum Gasteiger partial charge on any atom is 0.433 e. The van der Waals surface area contributed by atoms with Crippen molar-refractivity contribution in [3.63, 3.8) is 0 Å². The van der Waals surface area contributed by atoms with Gasteiger partial charge in [0, 0.05) is 24.2 Å². The van der Waals surface area contributed by atoms with E-state index in [-0.39, 0.29) is 28.2 Å². The second-order valence-corrected chi connectivity index (χ2v) is 5.64. The molecule has 0 fully saturated rings. The predicted octanol–water partition coefficient (Wildman–Crippen LogP) is 4.76. The van der Waals surface area contributed by atoms with Gasteiger partial charge in [0.25, 0.3) is 0 Å². The van der Waals surface area contributed by atoms with Crippen LogP contribution in [-0.4, -0.2) is 19.4 Å². The molecular weight excluding hydrogens is 367 g/mol. The molecule has 0 spiro atoms. The first-order valence-corrected chi connectivity index (χ1v) is 7.66. The van der Waals surface area contributed by atoms with Gasteiger partial charge in [0.15, 0.2) is 0 Å². The Morgan fingerprint density at radius 3 is 2.37 bits per heavy atom. The number of imidazole rings is 1. The van der Waals surface area contributed by atoms with E-state index in [0.717, 1.165) is 18.3 Å². The number of hydrogen-bond acceptors (Lipinski definition) is 3. The standard InChI is InChI=1S/C18H9F5N4/c19-12-2-1-11(16(20)15(12)10-3-6-24-7-4-10)13-9-25-17-26-14(18(21,22)23)5-8-27(13)17/h1-9H. The zero-order chi connectivity index (χ0) is 19.2. The van der Waals surface area contributed by atoms with Gasteiger partial charge in [-0.05, 0) is 35.9 Å². The molecule has 0 aliphatic heterocycles. The number of hydrogen-bond donors (Lipinski definition) is 0. The van der Waals surface area contributed by atoms with Crippen molar-refractivity contribution >= 4 is 5.78 Å². The Morgan fingerprint density at radius 2 is 1.67 bits per heavy atom. The molecule has 0 saturated heterocycles. The molecule has 3 aromatic heterocycles. The number of aromatic nitrogens is 4. The normalized spacial score (nSPS) is 11.9. The van der Waals surface area contributed by atoms with Crippen LogP contribution in [0.2, 0.25) is 0 Å². The van der Waals surface area contributed by atoms with Gasteiger partial charge >= 0.3 is 6.18 Å². The van der Waals surface area contributed by atoms with Crippen LogP contribution in [0.4, 0.5) is 22.0 Å². The summed E-state index contributed by atoms with van der Waals surface area (Å²) in [6.07, 6.45) is 0.469. The van der Waals surface area contributed by atoms with Gasteiger partial charge in [-0.15, -0.1) is 0 Å². The Labute approximate surface area is 149 Å². The van der Waals surface area contributed by atoms with E-state index in [2.05, 4.69) is 15.0 Å². The zero-order valence-electron chi connectivity index (χ0n) is 13.4. The predicted molar refractivity (Wildman–Crippen MR) is 86.6 cm³/mol. The smallest absolute Gasteiger partial charge is 0.284 e. The Kier molecular flexibility index (Phi) is 3.87. The van der Waals surface area contributed by atoms with Crippen molar-refractivity contribution in [1.82, 2.24) is 19.4 Å². The summed E-state index contributed by atoms with van der Waals surface area (Å²) >= 11 is 0. The molecule has 0 aliphatic rings. The molecule has 0 amide bonds. The number of pyridine rings is 1. The average Bonchev–Trinajstić information content (AvgIpc) is 3.05. The molecule has 1 aromatic carbocycles. The summed E-state index contributed by atoms with van der Waals surface area (Å²) in [5.74, 6) is -1.87. The summed E-state index contributed by atoms with van der Waals surface area (Å²) in [5.41, 5.74) is -0.946. The minimum atomic E-state index is -4.62. The summed E-state index contributed by atoms with van der Waals surface area (Å²) in [6.45, 7) is 0. The van der Waals surface area contributed by atoms with Crippen LogP contribution in [0.15, 0.2) is 55.1 Å². The molecule has 4 nitrogen and oxygen atoms in total. The molecule has 0 bridgehead atoms. The molecule has 136 valence electrons. The molecular formula is C18H9F5N4. The van der Waals surface area contributed by atoms with Crippen molar-refractivity contribution in [2.24, 2.45) is 0 Å². The van der Waals surface area contributed by atoms with Crippen LogP contribution in [-0.2, 0) is 6.18 Å². The van der Waals surface area contributed by atoms with Crippen molar-refractivity contribution in [3.8, 4) is 22.4 Å². The third kappa shape index (κ3) is 2.90. The van der Waals surface area contributed by atoms with Crippen LogP contribution < -0.4 is 0 Å². The Bertz CT molecular complexity index is 1140. The fourth-order valence-corrected chi connectivity index (χ4v) is 2.76. The molecule has 0 radical (unpaired) electrons. The Balaban J connectivity index is 1.90. The first kappa shape index (κ1) is 17.1. The third-order valence-electron chi connectivity index (χ3n) is 4.01. The van der Waals surface area contributed by atoms with E-state index in [1.165, 1.54) is 41.2 Å². The molecule has 9 heteroatoms. The van der Waals surface area contributed by atoms with Crippen molar-refractivity contribution in [1.29, 1.82) is 0 Å². The van der Waals surface area contributed by atoms with Crippen LogP contribution in [0.1, 0.15) is 5.69 Å². The highest BCUT2D eigenvalue weighted by molar-refractivity contribution is 5.73. The van der Waals surface area contributed by atoms with Crippen molar-refractivity contribution in [2.45, 2.75) is 6.18 Å². The van der Waals surface area contributed by atoms with Crippen molar-refractivity contribution in [3.05, 3.63) is 72.4 Å². The number of halogens is 5. The van der Waals surface area contributed by atoms with E-state index in [1.807, 2.05) is 0 Å². The number of alkyl halides is 3. The first-order valence-electron chi connectivity index (χ1n) is 7.66. The van der Waals surface area contributed by atoms with Crippen LogP contribution in [0.3, 0.4) is 0 Å². The van der Waals surface area contributed by atoms with Gasteiger partial charge in [0.2, 0.25) is 5.78 Å². The van der Waals surface area contributed by atoms with Crippen molar-refractivity contribution in [2.75, 3.05) is 0 Å². The lowest BCUT2D eigenvalue weighted by molar-refractivity contribution is -0.141. The van der Waals surface area contributed by atoms with Crippen LogP contribution in [0.5, 0.6) is 0 Å². The largest absolute Gasteiger partial charge is 0.433 e. The highest BCUT2D eigenvalue weighted by Crippen LogP contribution is 2.34. The fraction of sp³-hybridized carbons (Fsp3) is 0.0556. The second kappa shape index (κ2) is 6.11. The molecule has 4 rings (SSSR count). The fourth-order valence-electron chi connectivity index (χ4n) is 2.76. The van der Waals surface area contributed by atoms with Gasteiger partial charge in [0.05, 0.1) is 17.5 Å². The summed E-state index contributed by atoms with van der Waals surface area (Å²) in [7, 11) is 0. The highest BCUT2D eigenvalue weighted by atomic mass is 19.4. The summed E-state index contributed by atoms with van der Waals surface area (Å²) in [6, 6.07) is 5.97. The van der Waals surface area contributed by atoms with E-state index in [1.54, 1.807) is 0 Å². The molecule has 0 unspecified atom stereocenters. The molecule has 27 heavy (non-hydrogen) atoms. The first-order chi connectivity index (χ1) is 12.9. The van der Waals surface area contributed by atoms with E-state index in [9.17, 15) is 17.6 Å². The number of rotatable bonds is 2. The lowest BCUT2D eigenvalue weighted by Crippen LogP contribution is -2.09. The average molecular weight is 376 g/mol. The van der Waals surface area contributed by atoms with Crippen molar-refractivity contribution < 1.29 is 22.0 Å². The minimum absolute atomic E-state index is 0.0164. The molecule has 0 atom stereocenters. The maximum absolute atomic E-state index is 15.1. The number of benzene rings is 1. The number of fused-ring (bicyclic) bond motifs is 1. The lowest BCUT2D eigenvalue weighted by Gasteiger charge is -2.10. The maximum atomic E-state index is 15.1. The molecule has 3 heterocycles. The summed E-state index contributed by atoms with van der Waals surface area (Å²) in [5, 5.41) is 0. The minimum Gasteiger partial charge on any atom is -0.284 e. The monoisotopic (exact) mass is 376 g/mol. The van der Waals surface area contributed by atoms with Gasteiger partial charge in [-0.2, -0.15) is 13.2 Å². The van der Waals surface area contributed by atoms with E-state index in [0.29, 0.717) is 0 Å². The van der Waals surface area contributed by atoms with E-state index >= 15 is 4.39 Å². The van der Waals surface area contributed by atoms with Gasteiger partial charge in [-0.25, -0.2) is 18.7 Å². The zero-order valence-corrected chi connectivity index (χ0v) is 13.4. The van der Waals surface area contributed by atoms with E-state index in [4.69, 9.17) is 0 Å². The summed E-state index contributed by atoms with van der Waals surface area (Å²) < 4.78 is 68.9. The summed E-state index contributed by atoms with van der Waals surface area (Å²) in [4.78, 5) is 11.1. The van der Waals surface area contributed by atoms with Gasteiger partial charge in [-0.1, -0.05) is 0 Å². The van der Waals surface area contributed by atoms with Crippen LogP contribution in [0.25, 0.3) is 28.2 Å². The Morgan fingerprint density at radius 1 is 0.926 bits per heavy atom. The molecule has 0 aliphatic carbocycles.